The molecule has 1 aliphatic heterocycles. The number of nitrogens with zero attached hydrogens (tertiary/aromatic N) is 4. The van der Waals surface area contributed by atoms with Crippen molar-refractivity contribution in [2.24, 2.45) is 0 Å². The molecule has 2 aliphatic rings. The van der Waals surface area contributed by atoms with Crippen molar-refractivity contribution in [3.8, 4) is 5.82 Å². The molecule has 1 saturated carbocycles. The van der Waals surface area contributed by atoms with Crippen LogP contribution in [-0.2, 0) is 6.54 Å². The first-order valence-electron chi connectivity index (χ1n) is 10.5. The number of aliphatic hydroxyl groups is 1. The van der Waals surface area contributed by atoms with Gasteiger partial charge in [0, 0.05) is 63.0 Å². The summed E-state index contributed by atoms with van der Waals surface area (Å²) in [5.41, 5.74) is 1.28. The third-order valence-corrected chi connectivity index (χ3v) is 6.23. The number of pyridine rings is 1. The lowest BCUT2D eigenvalue weighted by Gasteiger charge is -2.46. The summed E-state index contributed by atoms with van der Waals surface area (Å²) in [6.45, 7) is 4.49. The Morgan fingerprint density at radius 3 is 2.70 bits per heavy atom. The monoisotopic (exact) mass is 368 g/mol. The highest BCUT2D eigenvalue weighted by Crippen LogP contribution is 2.27. The quantitative estimate of drug-likeness (QED) is 0.851. The van der Waals surface area contributed by atoms with Crippen LogP contribution in [0.3, 0.4) is 0 Å². The molecule has 0 amide bonds. The van der Waals surface area contributed by atoms with Crippen molar-refractivity contribution >= 4 is 0 Å². The van der Waals surface area contributed by atoms with E-state index < -0.39 is 0 Å². The van der Waals surface area contributed by atoms with Crippen molar-refractivity contribution in [2.45, 2.75) is 57.2 Å². The number of hydrogen-bond acceptors (Lipinski definition) is 4. The van der Waals surface area contributed by atoms with Gasteiger partial charge in [0.05, 0.1) is 0 Å². The van der Waals surface area contributed by atoms with E-state index in [0.717, 1.165) is 44.5 Å². The second-order valence-corrected chi connectivity index (χ2v) is 7.99. The SMILES string of the molecule is OCC[C@@H]1CN(Cc2cccn2-c2ccccn2)CCN1C1CCCCC1. The van der Waals surface area contributed by atoms with Gasteiger partial charge < -0.3 is 9.67 Å². The summed E-state index contributed by atoms with van der Waals surface area (Å²) in [4.78, 5) is 9.76. The van der Waals surface area contributed by atoms with Crippen molar-refractivity contribution in [1.29, 1.82) is 0 Å². The first-order chi connectivity index (χ1) is 13.3. The Kier molecular flexibility index (Phi) is 6.22. The van der Waals surface area contributed by atoms with Crippen molar-refractivity contribution in [2.75, 3.05) is 26.2 Å². The van der Waals surface area contributed by atoms with Gasteiger partial charge in [0.2, 0.25) is 0 Å². The number of rotatable bonds is 6. The molecule has 4 rings (SSSR count). The molecule has 1 saturated heterocycles. The maximum Gasteiger partial charge on any atom is 0.136 e. The predicted molar refractivity (Wildman–Crippen MR) is 108 cm³/mol. The highest BCUT2D eigenvalue weighted by atomic mass is 16.3. The van der Waals surface area contributed by atoms with Crippen LogP contribution in [0.4, 0.5) is 0 Å². The van der Waals surface area contributed by atoms with Crippen LogP contribution in [0.1, 0.15) is 44.2 Å². The van der Waals surface area contributed by atoms with E-state index in [9.17, 15) is 5.11 Å². The van der Waals surface area contributed by atoms with E-state index in [4.69, 9.17) is 0 Å². The van der Waals surface area contributed by atoms with E-state index in [0.29, 0.717) is 6.04 Å². The molecule has 146 valence electrons. The number of aliphatic hydroxyl groups excluding tert-OH is 1. The normalized spacial score (nSPS) is 22.9. The van der Waals surface area contributed by atoms with Gasteiger partial charge in [-0.15, -0.1) is 0 Å². The molecule has 0 aromatic carbocycles. The van der Waals surface area contributed by atoms with Gasteiger partial charge in [0.1, 0.15) is 5.82 Å². The van der Waals surface area contributed by atoms with Gasteiger partial charge in [-0.2, -0.15) is 0 Å². The Morgan fingerprint density at radius 1 is 1.04 bits per heavy atom. The van der Waals surface area contributed by atoms with Gasteiger partial charge in [-0.25, -0.2) is 4.98 Å². The van der Waals surface area contributed by atoms with Gasteiger partial charge >= 0.3 is 0 Å². The van der Waals surface area contributed by atoms with Gasteiger partial charge in [0.15, 0.2) is 0 Å². The van der Waals surface area contributed by atoms with E-state index in [-0.39, 0.29) is 6.61 Å². The Morgan fingerprint density at radius 2 is 1.93 bits per heavy atom. The lowest BCUT2D eigenvalue weighted by molar-refractivity contribution is 0.0131. The minimum atomic E-state index is 0.284. The molecular formula is C22H32N4O. The average molecular weight is 369 g/mol. The second-order valence-electron chi connectivity index (χ2n) is 7.99. The molecule has 1 atom stereocenters. The molecule has 0 unspecified atom stereocenters. The van der Waals surface area contributed by atoms with Crippen LogP contribution in [0.2, 0.25) is 0 Å². The number of piperazine rings is 1. The Bertz CT molecular complexity index is 695. The number of hydrogen-bond donors (Lipinski definition) is 1. The van der Waals surface area contributed by atoms with Gasteiger partial charge in [0.25, 0.3) is 0 Å². The smallest absolute Gasteiger partial charge is 0.136 e. The summed E-state index contributed by atoms with van der Waals surface area (Å²) < 4.78 is 2.19. The van der Waals surface area contributed by atoms with Crippen LogP contribution in [0, 0.1) is 0 Å². The van der Waals surface area contributed by atoms with Crippen LogP contribution in [-0.4, -0.2) is 62.8 Å². The predicted octanol–water partition coefficient (Wildman–Crippen LogP) is 3.07. The van der Waals surface area contributed by atoms with Crippen LogP contribution in [0.15, 0.2) is 42.7 Å². The highest BCUT2D eigenvalue weighted by Gasteiger charge is 2.32. The fourth-order valence-corrected chi connectivity index (χ4v) is 4.87. The standard InChI is InChI=1S/C22H32N4O/c27-16-11-21-18-24(14-15-25(21)19-7-2-1-3-8-19)17-20-9-6-13-26(20)22-10-4-5-12-23-22/h4-6,9-10,12-13,19,21,27H,1-3,7-8,11,14-18H2/t21-/m1/s1. The first-order valence-corrected chi connectivity index (χ1v) is 10.5. The third kappa shape index (κ3) is 4.42. The summed E-state index contributed by atoms with van der Waals surface area (Å²) in [5, 5.41) is 9.61. The Labute approximate surface area is 162 Å². The molecule has 0 bridgehead atoms. The van der Waals surface area contributed by atoms with Crippen LogP contribution < -0.4 is 0 Å². The second kappa shape index (κ2) is 9.00. The van der Waals surface area contributed by atoms with Gasteiger partial charge in [-0.3, -0.25) is 9.80 Å². The Balaban J connectivity index is 1.43. The van der Waals surface area contributed by atoms with Crippen LogP contribution >= 0.6 is 0 Å². The molecule has 5 heteroatoms. The van der Waals surface area contributed by atoms with Crippen molar-refractivity contribution in [3.05, 3.63) is 48.4 Å². The molecule has 2 fully saturated rings. The summed E-state index contributed by atoms with van der Waals surface area (Å²) in [7, 11) is 0. The van der Waals surface area contributed by atoms with Crippen LogP contribution in [0.25, 0.3) is 5.82 Å². The summed E-state index contributed by atoms with van der Waals surface area (Å²) in [6.07, 6.45) is 11.6. The topological polar surface area (TPSA) is 44.5 Å². The zero-order valence-corrected chi connectivity index (χ0v) is 16.2. The number of aromatic nitrogens is 2. The van der Waals surface area contributed by atoms with E-state index in [1.807, 2.05) is 18.3 Å². The molecule has 1 N–H and O–H groups in total. The van der Waals surface area contributed by atoms with Crippen molar-refractivity contribution in [3.63, 3.8) is 0 Å². The Hall–Kier alpha value is -1.69. The fraction of sp³-hybridized carbons (Fsp3) is 0.591. The fourth-order valence-electron chi connectivity index (χ4n) is 4.87. The minimum absolute atomic E-state index is 0.284. The van der Waals surface area contributed by atoms with Crippen molar-refractivity contribution < 1.29 is 5.11 Å². The molecule has 1 aliphatic carbocycles. The molecule has 2 aromatic heterocycles. The molecule has 0 spiro atoms. The molecule has 5 nitrogen and oxygen atoms in total. The molecule has 3 heterocycles. The van der Waals surface area contributed by atoms with Gasteiger partial charge in [-0.05, 0) is 43.5 Å². The maximum absolute atomic E-state index is 9.61. The molecule has 27 heavy (non-hydrogen) atoms. The van der Waals surface area contributed by atoms with E-state index in [1.54, 1.807) is 0 Å². The molecule has 0 radical (unpaired) electrons. The maximum atomic E-state index is 9.61. The lowest BCUT2D eigenvalue weighted by atomic mass is 9.92. The lowest BCUT2D eigenvalue weighted by Crippen LogP contribution is -2.56. The van der Waals surface area contributed by atoms with Crippen molar-refractivity contribution in [1.82, 2.24) is 19.4 Å². The zero-order valence-electron chi connectivity index (χ0n) is 16.2. The van der Waals surface area contributed by atoms with E-state index in [2.05, 4.69) is 43.7 Å². The summed E-state index contributed by atoms with van der Waals surface area (Å²) in [5.74, 6) is 0.977. The molecule has 2 aromatic rings. The summed E-state index contributed by atoms with van der Waals surface area (Å²) >= 11 is 0. The highest BCUT2D eigenvalue weighted by molar-refractivity contribution is 5.27. The minimum Gasteiger partial charge on any atom is -0.396 e. The molecular weight excluding hydrogens is 336 g/mol. The average Bonchev–Trinajstić information content (AvgIpc) is 3.18. The first kappa shape index (κ1) is 18.7. The van der Waals surface area contributed by atoms with E-state index >= 15 is 0 Å². The zero-order chi connectivity index (χ0) is 18.5. The van der Waals surface area contributed by atoms with Gasteiger partial charge in [-0.1, -0.05) is 25.3 Å². The largest absolute Gasteiger partial charge is 0.396 e. The summed E-state index contributed by atoms with van der Waals surface area (Å²) in [6, 6.07) is 11.6. The third-order valence-electron chi connectivity index (χ3n) is 6.23. The van der Waals surface area contributed by atoms with E-state index in [1.165, 1.54) is 37.8 Å². The van der Waals surface area contributed by atoms with Crippen LogP contribution in [0.5, 0.6) is 0 Å².